The van der Waals surface area contributed by atoms with E-state index in [4.69, 9.17) is 10.00 Å². The lowest BCUT2D eigenvalue weighted by molar-refractivity contribution is 0.273. The molecule has 2 aromatic carbocycles. The number of nitriles is 1. The van der Waals surface area contributed by atoms with Crippen molar-refractivity contribution in [2.75, 3.05) is 33.3 Å². The molecule has 1 saturated heterocycles. The Morgan fingerprint density at radius 1 is 0.857 bits per heavy atom. The Hall–Kier alpha value is -2.45. The zero-order valence-electron chi connectivity index (χ0n) is 15.1. The van der Waals surface area contributed by atoms with Crippen LogP contribution in [0.15, 0.2) is 58.3 Å². The zero-order chi connectivity index (χ0) is 20.4. The van der Waals surface area contributed by atoms with Crippen LogP contribution in [0, 0.1) is 11.3 Å². The number of sulfonamides is 2. The molecule has 0 aliphatic carbocycles. The highest BCUT2D eigenvalue weighted by Crippen LogP contribution is 2.23. The van der Waals surface area contributed by atoms with Crippen LogP contribution in [0.4, 0.5) is 0 Å². The van der Waals surface area contributed by atoms with Gasteiger partial charge in [-0.3, -0.25) is 0 Å². The van der Waals surface area contributed by atoms with E-state index in [1.54, 1.807) is 12.1 Å². The van der Waals surface area contributed by atoms with Gasteiger partial charge >= 0.3 is 0 Å². The number of piperazine rings is 1. The normalized spacial score (nSPS) is 16.4. The molecule has 0 atom stereocenters. The molecular formula is C18H19N3O5S2. The smallest absolute Gasteiger partial charge is 0.243 e. The Morgan fingerprint density at radius 3 is 1.89 bits per heavy atom. The minimum Gasteiger partial charge on any atom is -0.497 e. The fraction of sp³-hybridized carbons (Fsp3) is 0.278. The van der Waals surface area contributed by atoms with Gasteiger partial charge in [-0.2, -0.15) is 13.9 Å². The third-order valence-electron chi connectivity index (χ3n) is 4.50. The quantitative estimate of drug-likeness (QED) is 0.719. The van der Waals surface area contributed by atoms with Gasteiger partial charge in [0, 0.05) is 26.2 Å². The van der Waals surface area contributed by atoms with Crippen LogP contribution in [-0.4, -0.2) is 58.7 Å². The molecular weight excluding hydrogens is 402 g/mol. The lowest BCUT2D eigenvalue weighted by Gasteiger charge is -2.33. The molecule has 0 N–H and O–H groups in total. The van der Waals surface area contributed by atoms with Crippen LogP contribution in [0.3, 0.4) is 0 Å². The lowest BCUT2D eigenvalue weighted by atomic mass is 10.2. The zero-order valence-corrected chi connectivity index (χ0v) is 16.8. The molecule has 0 unspecified atom stereocenters. The van der Waals surface area contributed by atoms with Crippen molar-refractivity contribution in [3.63, 3.8) is 0 Å². The molecule has 0 radical (unpaired) electrons. The monoisotopic (exact) mass is 421 g/mol. The lowest BCUT2D eigenvalue weighted by Crippen LogP contribution is -2.50. The van der Waals surface area contributed by atoms with Crippen molar-refractivity contribution >= 4 is 20.0 Å². The van der Waals surface area contributed by atoms with Crippen molar-refractivity contribution in [1.29, 1.82) is 5.26 Å². The number of hydrogen-bond acceptors (Lipinski definition) is 6. The van der Waals surface area contributed by atoms with Gasteiger partial charge in [0.1, 0.15) is 5.75 Å². The summed E-state index contributed by atoms with van der Waals surface area (Å²) in [4.78, 5) is 0.157. The first-order valence-corrected chi connectivity index (χ1v) is 11.3. The molecule has 1 aliphatic heterocycles. The number of ether oxygens (including phenoxy) is 1. The van der Waals surface area contributed by atoms with E-state index in [9.17, 15) is 16.8 Å². The molecule has 3 rings (SSSR count). The maximum absolute atomic E-state index is 12.8. The minimum atomic E-state index is -3.79. The third-order valence-corrected chi connectivity index (χ3v) is 8.30. The van der Waals surface area contributed by atoms with Gasteiger partial charge in [0.25, 0.3) is 0 Å². The van der Waals surface area contributed by atoms with Gasteiger partial charge in [-0.1, -0.05) is 6.07 Å². The Labute approximate surface area is 164 Å². The first-order chi connectivity index (χ1) is 13.3. The van der Waals surface area contributed by atoms with Crippen LogP contribution < -0.4 is 4.74 Å². The number of hydrogen-bond donors (Lipinski definition) is 0. The summed E-state index contributed by atoms with van der Waals surface area (Å²) in [7, 11) is -6.02. The second-order valence-electron chi connectivity index (χ2n) is 6.12. The molecule has 1 heterocycles. The van der Waals surface area contributed by atoms with Crippen LogP contribution >= 0.6 is 0 Å². The average Bonchev–Trinajstić information content (AvgIpc) is 2.74. The third kappa shape index (κ3) is 3.88. The Kier molecular flexibility index (Phi) is 5.71. The van der Waals surface area contributed by atoms with Crippen LogP contribution in [0.5, 0.6) is 5.75 Å². The maximum Gasteiger partial charge on any atom is 0.243 e. The minimum absolute atomic E-state index is 0.0259. The number of nitrogens with zero attached hydrogens (tertiary/aromatic N) is 3. The molecule has 1 aliphatic rings. The predicted octanol–water partition coefficient (Wildman–Crippen LogP) is 1.26. The molecule has 2 aromatic rings. The van der Waals surface area contributed by atoms with Crippen molar-refractivity contribution in [3.8, 4) is 11.8 Å². The largest absolute Gasteiger partial charge is 0.497 e. The summed E-state index contributed by atoms with van der Waals surface area (Å²) < 4.78 is 58.7. The Morgan fingerprint density at radius 2 is 1.39 bits per heavy atom. The molecule has 0 saturated carbocycles. The van der Waals surface area contributed by atoms with Gasteiger partial charge in [-0.25, -0.2) is 16.8 Å². The highest BCUT2D eigenvalue weighted by Gasteiger charge is 2.33. The van der Waals surface area contributed by atoms with Gasteiger partial charge < -0.3 is 4.74 Å². The summed E-state index contributed by atoms with van der Waals surface area (Å²) in [5.74, 6) is 0.550. The summed E-state index contributed by atoms with van der Waals surface area (Å²) in [6, 6.07) is 13.8. The van der Waals surface area contributed by atoms with E-state index in [-0.39, 0.29) is 41.5 Å². The molecule has 0 aromatic heterocycles. The molecule has 0 spiro atoms. The van der Waals surface area contributed by atoms with Gasteiger partial charge in [0.2, 0.25) is 20.0 Å². The second kappa shape index (κ2) is 7.89. The van der Waals surface area contributed by atoms with Crippen LogP contribution in [-0.2, 0) is 20.0 Å². The molecule has 10 heteroatoms. The topological polar surface area (TPSA) is 108 Å². The number of methoxy groups -OCH3 is 1. The highest BCUT2D eigenvalue weighted by molar-refractivity contribution is 7.89. The summed E-state index contributed by atoms with van der Waals surface area (Å²) in [5.41, 5.74) is 0.252. The van der Waals surface area contributed by atoms with Gasteiger partial charge in [0.05, 0.1) is 28.5 Å². The molecule has 8 nitrogen and oxygen atoms in total. The van der Waals surface area contributed by atoms with E-state index >= 15 is 0 Å². The summed E-state index contributed by atoms with van der Waals surface area (Å²) in [6.07, 6.45) is 0. The van der Waals surface area contributed by atoms with Crippen molar-refractivity contribution in [3.05, 3.63) is 54.1 Å². The molecule has 1 fully saturated rings. The van der Waals surface area contributed by atoms with Crippen molar-refractivity contribution in [2.45, 2.75) is 9.79 Å². The Balaban J connectivity index is 1.75. The summed E-state index contributed by atoms with van der Waals surface area (Å²) in [6.45, 7) is 0.167. The van der Waals surface area contributed by atoms with E-state index in [2.05, 4.69) is 0 Å². The van der Waals surface area contributed by atoms with Gasteiger partial charge in [0.15, 0.2) is 0 Å². The highest BCUT2D eigenvalue weighted by atomic mass is 32.2. The molecule has 0 amide bonds. The average molecular weight is 422 g/mol. The molecule has 0 bridgehead atoms. The van der Waals surface area contributed by atoms with Crippen LogP contribution in [0.2, 0.25) is 0 Å². The van der Waals surface area contributed by atoms with E-state index in [1.807, 2.05) is 6.07 Å². The Bertz CT molecular complexity index is 1100. The number of benzene rings is 2. The standard InChI is InChI=1S/C18H19N3O5S2/c1-26-16-5-7-17(8-6-16)27(22,23)20-9-11-21(12-10-20)28(24,25)18-4-2-3-15(13-18)14-19/h2-8,13H,9-12H2,1H3. The predicted molar refractivity (Wildman–Crippen MR) is 102 cm³/mol. The SMILES string of the molecule is COc1ccc(S(=O)(=O)N2CCN(S(=O)(=O)c3cccc(C#N)c3)CC2)cc1. The second-order valence-corrected chi connectivity index (χ2v) is 10.00. The fourth-order valence-electron chi connectivity index (χ4n) is 2.92. The summed E-state index contributed by atoms with van der Waals surface area (Å²) in [5, 5.41) is 8.96. The van der Waals surface area contributed by atoms with E-state index in [0.29, 0.717) is 5.75 Å². The number of rotatable bonds is 5. The maximum atomic E-state index is 12.8. The van der Waals surface area contributed by atoms with Crippen molar-refractivity contribution in [1.82, 2.24) is 8.61 Å². The molecule has 28 heavy (non-hydrogen) atoms. The van der Waals surface area contributed by atoms with Gasteiger partial charge in [-0.15, -0.1) is 0 Å². The van der Waals surface area contributed by atoms with E-state index < -0.39 is 20.0 Å². The van der Waals surface area contributed by atoms with E-state index in [1.165, 1.54) is 52.1 Å². The summed E-state index contributed by atoms with van der Waals surface area (Å²) >= 11 is 0. The van der Waals surface area contributed by atoms with Crippen molar-refractivity contribution in [2.24, 2.45) is 0 Å². The molecule has 148 valence electrons. The van der Waals surface area contributed by atoms with Crippen molar-refractivity contribution < 1.29 is 21.6 Å². The van der Waals surface area contributed by atoms with E-state index in [0.717, 1.165) is 0 Å². The fourth-order valence-corrected chi connectivity index (χ4v) is 5.81. The van der Waals surface area contributed by atoms with Gasteiger partial charge in [-0.05, 0) is 42.5 Å². The first-order valence-electron chi connectivity index (χ1n) is 8.43. The van der Waals surface area contributed by atoms with Crippen LogP contribution in [0.25, 0.3) is 0 Å². The van der Waals surface area contributed by atoms with Crippen LogP contribution in [0.1, 0.15) is 5.56 Å². The first kappa shape index (κ1) is 20.3.